The van der Waals surface area contributed by atoms with Crippen LogP contribution in [0, 0.1) is 36.4 Å². The second kappa shape index (κ2) is 26.8. The van der Waals surface area contributed by atoms with E-state index in [1.165, 1.54) is 71.6 Å². The summed E-state index contributed by atoms with van der Waals surface area (Å²) in [5, 5.41) is 0. The summed E-state index contributed by atoms with van der Waals surface area (Å²) >= 11 is 0. The van der Waals surface area contributed by atoms with Gasteiger partial charge in [-0.1, -0.05) is 224 Å². The zero-order valence-corrected chi connectivity index (χ0v) is 26.8. The minimum atomic E-state index is -3.26. The number of rotatable bonds is 0. The molecule has 0 saturated heterocycles. The Hall–Kier alpha value is -0.780. The van der Waals surface area contributed by atoms with Crippen LogP contribution in [0.15, 0.2) is 30.2 Å². The molecule has 0 spiro atoms. The molecule has 1 aromatic rings. The topological polar surface area (TPSA) is 0 Å². The highest BCUT2D eigenvalue weighted by atomic mass is 14.1. The Bertz CT molecular complexity index is 1580. The summed E-state index contributed by atoms with van der Waals surface area (Å²) < 4.78 is 194. The van der Waals surface area contributed by atoms with Crippen molar-refractivity contribution < 1.29 is 35.6 Å². The van der Waals surface area contributed by atoms with Crippen molar-refractivity contribution in [3.63, 3.8) is 0 Å². The Labute approximate surface area is 297 Å². The third kappa shape index (κ3) is 25.4. The van der Waals surface area contributed by atoms with E-state index in [1.54, 1.807) is 0 Å². The molecule has 0 bridgehead atoms. The molecule has 5 saturated carbocycles. The molecule has 5 fully saturated rings. The Balaban J connectivity index is 0.000000412. The van der Waals surface area contributed by atoms with Gasteiger partial charge in [0.05, 0.1) is 6.85 Å². The van der Waals surface area contributed by atoms with E-state index in [4.69, 9.17) is 35.6 Å². The van der Waals surface area contributed by atoms with Gasteiger partial charge in [-0.2, -0.15) is 0 Å². The molecule has 0 atom stereocenters. The standard InChI is InChI=1S/C8H16.2C7H14.C7H8.2C6H12/c1-8-6-4-2-3-5-7-8;3*1-7-5-3-2-4-6-7;2*1-6-4-2-3-5-6/h8H,2-7H2,1H3;2*7H,2-6H2,1H3;2-6H,1H3;2*6H,2-5H2,1H3/i8D;2D2,3D2,4D2,5D2,6D2;7D;2D,3D,4D,5D,6D;2D2,3D2,4D2,5D2;6D. The Morgan fingerprint density at radius 1 is 0.488 bits per heavy atom. The van der Waals surface area contributed by atoms with Crippen molar-refractivity contribution in [3.05, 3.63) is 35.8 Å². The molecule has 6 rings (SSSR count). The lowest BCUT2D eigenvalue weighted by molar-refractivity contribution is 0.385. The molecule has 0 radical (unpaired) electrons. The lowest BCUT2D eigenvalue weighted by atomic mass is 9.91. The highest BCUT2D eigenvalue weighted by molar-refractivity contribution is 5.11. The first-order valence-corrected chi connectivity index (χ1v) is 15.7. The Kier molecular flexibility index (Phi) is 9.23. The van der Waals surface area contributed by atoms with Gasteiger partial charge in [0.2, 0.25) is 0 Å². The molecule has 0 amide bonds. The molecule has 0 unspecified atom stereocenters. The first-order chi connectivity index (χ1) is 29.6. The van der Waals surface area contributed by atoms with E-state index in [-0.39, 0.29) is 47.9 Å². The monoisotopic (exact) mass is 595 g/mol. The van der Waals surface area contributed by atoms with Crippen molar-refractivity contribution in [1.29, 1.82) is 0 Å². The van der Waals surface area contributed by atoms with Gasteiger partial charge in [0.1, 0.15) is 0 Å². The molecule has 0 N–H and O–H groups in total. The SMILES string of the molecule is [2H]C1(C)CCCC1.[2H]C1(C)CCCCC1.[2H]C1(C)CCCCCC1.[2H]C1([2H])C(C)C([2H])([2H])C([2H])([2H])C([2H])([2H])C1([2H])[2H].[2H]C1([2H])C(C)C([2H])([2H])C([2H])([2H])C1([2H])[2H].[2H]c1c([2H])c([2H])c(C)c([2H])c1[2H]. The van der Waals surface area contributed by atoms with E-state index < -0.39 is 69.2 Å². The number of benzene rings is 1. The van der Waals surface area contributed by atoms with Gasteiger partial charge in [0.15, 0.2) is 0 Å². The maximum Gasteiger partial charge on any atom is 0.0625 e. The second-order valence-electron chi connectivity index (χ2n) is 11.4. The van der Waals surface area contributed by atoms with Crippen LogP contribution in [-0.4, -0.2) is 0 Å². The molecular formula is C41H76. The predicted molar refractivity (Wildman–Crippen MR) is 188 cm³/mol. The van der Waals surface area contributed by atoms with Crippen molar-refractivity contribution in [2.24, 2.45) is 29.5 Å². The van der Waals surface area contributed by atoms with Crippen LogP contribution in [0.4, 0.5) is 0 Å². The van der Waals surface area contributed by atoms with Crippen LogP contribution in [0.25, 0.3) is 0 Å². The molecule has 240 valence electrons. The molecule has 0 aromatic heterocycles. The maximum absolute atomic E-state index is 7.77. The van der Waals surface area contributed by atoms with E-state index in [9.17, 15) is 0 Å². The minimum absolute atomic E-state index is 0.0556. The van der Waals surface area contributed by atoms with Crippen LogP contribution in [-0.2, 0) is 0 Å². The molecule has 1 aromatic carbocycles. The molecular weight excluding hydrogens is 492 g/mol. The molecule has 0 nitrogen and oxygen atoms in total. The average Bonchev–Trinajstić information content (AvgIpc) is 3.53. The van der Waals surface area contributed by atoms with Crippen molar-refractivity contribution in [2.75, 3.05) is 0 Å². The van der Waals surface area contributed by atoms with E-state index in [0.29, 0.717) is 5.56 Å². The molecule has 41 heavy (non-hydrogen) atoms. The van der Waals surface area contributed by atoms with Crippen LogP contribution in [0.2, 0.25) is 0 Å². The molecule has 0 heteroatoms. The minimum Gasteiger partial charge on any atom is -0.0625 e. The molecule has 0 heterocycles. The Morgan fingerprint density at radius 3 is 1.12 bits per heavy atom. The van der Waals surface area contributed by atoms with Crippen molar-refractivity contribution in [3.8, 4) is 0 Å². The Morgan fingerprint density at radius 2 is 0.780 bits per heavy atom. The maximum atomic E-state index is 7.77. The van der Waals surface area contributed by atoms with Crippen LogP contribution in [0.5, 0.6) is 0 Å². The molecule has 5 aliphatic rings. The van der Waals surface area contributed by atoms with Gasteiger partial charge in [-0.25, -0.2) is 0 Å². The van der Waals surface area contributed by atoms with Crippen molar-refractivity contribution >= 4 is 0 Å². The summed E-state index contributed by atoms with van der Waals surface area (Å²) in [5.74, 6) is -3.14. The predicted octanol–water partition coefficient (Wildman–Crippen LogP) is 14.5. The van der Waals surface area contributed by atoms with Gasteiger partial charge in [0.25, 0.3) is 0 Å². The van der Waals surface area contributed by atoms with Crippen LogP contribution < -0.4 is 0 Å². The average molecular weight is 595 g/mol. The fraction of sp³-hybridized carbons (Fsp3) is 0.854. The fourth-order valence-electron chi connectivity index (χ4n) is 4.46. The second-order valence-corrected chi connectivity index (χ2v) is 11.4. The summed E-state index contributed by atoms with van der Waals surface area (Å²) in [7, 11) is 0. The number of hydrogen-bond acceptors (Lipinski definition) is 0. The largest absolute Gasteiger partial charge is 0.0625 e. The third-order valence-electron chi connectivity index (χ3n) is 7.09. The summed E-state index contributed by atoms with van der Waals surface area (Å²) in [4.78, 5) is 0. The van der Waals surface area contributed by atoms with Gasteiger partial charge in [0, 0.05) is 28.8 Å². The summed E-state index contributed by atoms with van der Waals surface area (Å²) in [6, 6.07) is -1.13. The van der Waals surface area contributed by atoms with Crippen LogP contribution in [0.1, 0.15) is 229 Å². The quantitative estimate of drug-likeness (QED) is 0.262. The van der Waals surface area contributed by atoms with Gasteiger partial charge in [-0.15, -0.1) is 0 Å². The lowest BCUT2D eigenvalue weighted by Crippen LogP contribution is -1.99. The summed E-state index contributed by atoms with van der Waals surface area (Å²) in [5.41, 5.74) is 0.293. The molecule has 5 aliphatic carbocycles. The van der Waals surface area contributed by atoms with Gasteiger partial charge in [-0.3, -0.25) is 0 Å². The summed E-state index contributed by atoms with van der Waals surface area (Å²) in [6.45, 7) is 9.91. The zero-order valence-electron chi connectivity index (χ0n) is 52.8. The van der Waals surface area contributed by atoms with Gasteiger partial charge < -0.3 is 0 Å². The van der Waals surface area contributed by atoms with Crippen LogP contribution in [0.3, 0.4) is 0 Å². The fourth-order valence-corrected chi connectivity index (χ4v) is 4.46. The highest BCUT2D eigenvalue weighted by Gasteiger charge is 2.09. The van der Waals surface area contributed by atoms with E-state index in [2.05, 4.69) is 6.92 Å². The van der Waals surface area contributed by atoms with Crippen LogP contribution >= 0.6 is 0 Å². The number of hydrogen-bond donors (Lipinski definition) is 0. The van der Waals surface area contributed by atoms with E-state index in [1.807, 2.05) is 13.8 Å². The first kappa shape index (κ1) is 14.1. The zero-order chi connectivity index (χ0) is 53.2. The molecule has 0 aliphatic heterocycles. The van der Waals surface area contributed by atoms with E-state index in [0.717, 1.165) is 45.4 Å². The van der Waals surface area contributed by atoms with Gasteiger partial charge in [-0.05, 0) is 36.4 Å². The third-order valence-corrected chi connectivity index (χ3v) is 7.09. The van der Waals surface area contributed by atoms with Gasteiger partial charge >= 0.3 is 0 Å². The first-order valence-electron chi connectivity index (χ1n) is 28.7. The normalized spacial score (nSPS) is 45.1. The van der Waals surface area contributed by atoms with Crippen molar-refractivity contribution in [1.82, 2.24) is 0 Å². The van der Waals surface area contributed by atoms with Crippen molar-refractivity contribution in [2.45, 2.75) is 195 Å². The smallest absolute Gasteiger partial charge is 0.0625 e. The highest BCUT2D eigenvalue weighted by Crippen LogP contribution is 2.24. The van der Waals surface area contributed by atoms with E-state index >= 15 is 0 Å². The summed E-state index contributed by atoms with van der Waals surface area (Å²) in [6.07, 6.45) is -7.29. The lowest BCUT2D eigenvalue weighted by Gasteiger charge is -2.15.